The SMILES string of the molecule is CC(=O)C1CCC2C3CCC4CC(C)CCC4(C)C3=CCC12C. The molecule has 0 amide bonds. The average molecular weight is 315 g/mol. The molecule has 0 aliphatic heterocycles. The highest BCUT2D eigenvalue weighted by atomic mass is 16.1. The number of hydrogen-bond acceptors (Lipinski definition) is 1. The molecule has 23 heavy (non-hydrogen) atoms. The van der Waals surface area contributed by atoms with Crippen molar-refractivity contribution in [3.8, 4) is 0 Å². The maximum Gasteiger partial charge on any atom is 0.133 e. The molecule has 7 atom stereocenters. The van der Waals surface area contributed by atoms with Crippen LogP contribution in [0.5, 0.6) is 0 Å². The summed E-state index contributed by atoms with van der Waals surface area (Å²) in [5, 5.41) is 0. The Hall–Kier alpha value is -0.590. The number of carbonyl (C=O) groups is 1. The third-order valence-corrected chi connectivity index (χ3v) is 8.78. The normalized spacial score (nSPS) is 52.2. The quantitative estimate of drug-likeness (QED) is 0.560. The zero-order valence-corrected chi connectivity index (χ0v) is 15.5. The van der Waals surface area contributed by atoms with Gasteiger partial charge in [0.2, 0.25) is 0 Å². The lowest BCUT2D eigenvalue weighted by Gasteiger charge is -2.57. The molecule has 0 spiro atoms. The molecule has 3 saturated carbocycles. The van der Waals surface area contributed by atoms with E-state index in [0.29, 0.717) is 17.1 Å². The van der Waals surface area contributed by atoms with E-state index in [0.717, 1.165) is 36.5 Å². The van der Waals surface area contributed by atoms with Gasteiger partial charge in [-0.15, -0.1) is 0 Å². The molecule has 0 saturated heterocycles. The second-order valence-electron chi connectivity index (χ2n) is 9.89. The highest BCUT2D eigenvalue weighted by Gasteiger charge is 2.57. The van der Waals surface area contributed by atoms with Crippen LogP contribution in [0, 0.1) is 40.4 Å². The van der Waals surface area contributed by atoms with Crippen LogP contribution in [-0.2, 0) is 4.79 Å². The van der Waals surface area contributed by atoms with Crippen LogP contribution < -0.4 is 0 Å². The minimum atomic E-state index is 0.255. The maximum absolute atomic E-state index is 12.2. The third kappa shape index (κ3) is 2.14. The van der Waals surface area contributed by atoms with E-state index in [2.05, 4.69) is 26.8 Å². The molecule has 0 aromatic heterocycles. The molecule has 128 valence electrons. The Balaban J connectivity index is 1.68. The van der Waals surface area contributed by atoms with Gasteiger partial charge < -0.3 is 0 Å². The van der Waals surface area contributed by atoms with Crippen molar-refractivity contribution in [3.63, 3.8) is 0 Å². The molecular weight excluding hydrogens is 280 g/mol. The van der Waals surface area contributed by atoms with E-state index in [1.807, 2.05) is 12.5 Å². The Kier molecular flexibility index (Phi) is 3.60. The predicted octanol–water partition coefficient (Wildman–Crippen LogP) is 5.79. The summed E-state index contributed by atoms with van der Waals surface area (Å²) in [7, 11) is 0. The van der Waals surface area contributed by atoms with Crippen molar-refractivity contribution in [1.82, 2.24) is 0 Å². The highest BCUT2D eigenvalue weighted by Crippen LogP contribution is 2.65. The van der Waals surface area contributed by atoms with E-state index < -0.39 is 0 Å². The van der Waals surface area contributed by atoms with Crippen molar-refractivity contribution in [3.05, 3.63) is 11.6 Å². The van der Waals surface area contributed by atoms with Gasteiger partial charge in [0.15, 0.2) is 0 Å². The van der Waals surface area contributed by atoms with Crippen molar-refractivity contribution < 1.29 is 4.79 Å². The third-order valence-electron chi connectivity index (χ3n) is 8.78. The summed E-state index contributed by atoms with van der Waals surface area (Å²) in [5.41, 5.74) is 2.56. The van der Waals surface area contributed by atoms with E-state index in [1.165, 1.54) is 38.5 Å². The molecule has 3 fully saturated rings. The lowest BCUT2D eigenvalue weighted by molar-refractivity contribution is -0.124. The molecule has 4 aliphatic rings. The van der Waals surface area contributed by atoms with Crippen LogP contribution in [0.15, 0.2) is 11.6 Å². The second kappa shape index (κ2) is 5.20. The minimum absolute atomic E-state index is 0.255. The van der Waals surface area contributed by atoms with Crippen LogP contribution in [0.2, 0.25) is 0 Å². The van der Waals surface area contributed by atoms with Gasteiger partial charge in [0, 0.05) is 5.92 Å². The first-order chi connectivity index (χ1) is 10.9. The molecule has 0 N–H and O–H groups in total. The molecule has 4 rings (SSSR count). The Morgan fingerprint density at radius 2 is 1.91 bits per heavy atom. The van der Waals surface area contributed by atoms with Crippen LogP contribution in [0.3, 0.4) is 0 Å². The fraction of sp³-hybridized carbons (Fsp3) is 0.864. The van der Waals surface area contributed by atoms with Gasteiger partial charge in [-0.3, -0.25) is 4.79 Å². The number of ketones is 1. The first-order valence-corrected chi connectivity index (χ1v) is 10.1. The standard InChI is InChI=1S/C22H34O/c1-14-9-11-21(3)16(13-14)5-6-17-19-8-7-18(15(2)23)22(19,4)12-10-20(17)21/h10,14,16-19H,5-9,11-13H2,1-4H3. The van der Waals surface area contributed by atoms with Crippen molar-refractivity contribution in [2.75, 3.05) is 0 Å². The van der Waals surface area contributed by atoms with Gasteiger partial charge in [-0.05, 0) is 92.8 Å². The van der Waals surface area contributed by atoms with E-state index >= 15 is 0 Å². The first kappa shape index (κ1) is 15.9. The molecule has 0 heterocycles. The smallest absolute Gasteiger partial charge is 0.133 e. The Bertz CT molecular complexity index is 546. The summed E-state index contributed by atoms with van der Waals surface area (Å²) in [4.78, 5) is 12.2. The Morgan fingerprint density at radius 1 is 1.13 bits per heavy atom. The monoisotopic (exact) mass is 314 g/mol. The van der Waals surface area contributed by atoms with Gasteiger partial charge in [0.05, 0.1) is 0 Å². The zero-order chi connectivity index (χ0) is 16.4. The fourth-order valence-corrected chi connectivity index (χ4v) is 7.41. The van der Waals surface area contributed by atoms with Gasteiger partial charge in [0.1, 0.15) is 5.78 Å². The second-order valence-corrected chi connectivity index (χ2v) is 9.89. The largest absolute Gasteiger partial charge is 0.300 e. The molecule has 4 aliphatic carbocycles. The number of rotatable bonds is 1. The lowest BCUT2D eigenvalue weighted by Crippen LogP contribution is -2.48. The van der Waals surface area contributed by atoms with E-state index in [4.69, 9.17) is 0 Å². The number of fused-ring (bicyclic) bond motifs is 5. The highest BCUT2D eigenvalue weighted by molar-refractivity contribution is 5.79. The summed E-state index contributed by atoms with van der Waals surface area (Å²) < 4.78 is 0. The van der Waals surface area contributed by atoms with Crippen LogP contribution in [0.25, 0.3) is 0 Å². The van der Waals surface area contributed by atoms with Crippen molar-refractivity contribution >= 4 is 5.78 Å². The van der Waals surface area contributed by atoms with Crippen molar-refractivity contribution in [2.24, 2.45) is 40.4 Å². The van der Waals surface area contributed by atoms with Gasteiger partial charge in [0.25, 0.3) is 0 Å². The molecule has 7 unspecified atom stereocenters. The number of carbonyl (C=O) groups excluding carboxylic acids is 1. The number of allylic oxidation sites excluding steroid dienone is 2. The van der Waals surface area contributed by atoms with Crippen LogP contribution in [0.4, 0.5) is 0 Å². The summed E-state index contributed by atoms with van der Waals surface area (Å²) in [6.07, 6.45) is 13.3. The number of Topliss-reactive ketones (excluding diaryl/α,β-unsaturated/α-hetero) is 1. The topological polar surface area (TPSA) is 17.1 Å². The van der Waals surface area contributed by atoms with Gasteiger partial charge >= 0.3 is 0 Å². The molecule has 0 aromatic rings. The van der Waals surface area contributed by atoms with Crippen molar-refractivity contribution in [1.29, 1.82) is 0 Å². The number of hydrogen-bond donors (Lipinski definition) is 0. The first-order valence-electron chi connectivity index (χ1n) is 10.1. The molecule has 0 radical (unpaired) electrons. The Labute approximate surface area is 142 Å². The summed E-state index contributed by atoms with van der Waals surface area (Å²) >= 11 is 0. The van der Waals surface area contributed by atoms with E-state index in [1.54, 1.807) is 0 Å². The zero-order valence-electron chi connectivity index (χ0n) is 15.5. The average Bonchev–Trinajstić information content (AvgIpc) is 2.85. The molecule has 1 heteroatoms. The minimum Gasteiger partial charge on any atom is -0.300 e. The predicted molar refractivity (Wildman–Crippen MR) is 95.0 cm³/mol. The molecule has 0 aromatic carbocycles. The van der Waals surface area contributed by atoms with E-state index in [9.17, 15) is 4.79 Å². The molecular formula is C22H34O. The summed E-state index contributed by atoms with van der Waals surface area (Å²) in [6, 6.07) is 0. The molecule has 0 bridgehead atoms. The van der Waals surface area contributed by atoms with Gasteiger partial charge in [-0.1, -0.05) is 32.4 Å². The summed E-state index contributed by atoms with van der Waals surface area (Å²) in [6.45, 7) is 9.30. The Morgan fingerprint density at radius 3 is 2.65 bits per heavy atom. The van der Waals surface area contributed by atoms with E-state index in [-0.39, 0.29) is 5.41 Å². The van der Waals surface area contributed by atoms with Gasteiger partial charge in [-0.25, -0.2) is 0 Å². The van der Waals surface area contributed by atoms with Crippen LogP contribution in [-0.4, -0.2) is 5.78 Å². The van der Waals surface area contributed by atoms with Gasteiger partial charge in [-0.2, -0.15) is 0 Å². The fourth-order valence-electron chi connectivity index (χ4n) is 7.41. The summed E-state index contributed by atoms with van der Waals surface area (Å²) in [5.74, 6) is 4.16. The van der Waals surface area contributed by atoms with Crippen LogP contribution in [0.1, 0.15) is 79.1 Å². The lowest BCUT2D eigenvalue weighted by atomic mass is 9.48. The van der Waals surface area contributed by atoms with Crippen LogP contribution >= 0.6 is 0 Å². The maximum atomic E-state index is 12.2. The van der Waals surface area contributed by atoms with Crippen molar-refractivity contribution in [2.45, 2.75) is 79.1 Å². The molecule has 1 nitrogen and oxygen atoms in total.